The topological polar surface area (TPSA) is 81.1 Å². The maximum absolute atomic E-state index is 12.7. The van der Waals surface area contributed by atoms with Crippen LogP contribution in [0.15, 0.2) is 18.7 Å². The molecule has 6 nitrogen and oxygen atoms in total. The number of nitrogens with one attached hydrogen (secondary N) is 1. The first-order chi connectivity index (χ1) is 10.4. The zero-order chi connectivity index (χ0) is 16.0. The highest BCUT2D eigenvalue weighted by atomic mass is 16.2. The number of aryl methyl sites for hydroxylation is 1. The van der Waals surface area contributed by atoms with Gasteiger partial charge >= 0.3 is 0 Å². The Labute approximate surface area is 129 Å². The quantitative estimate of drug-likeness (QED) is 0.499. The van der Waals surface area contributed by atoms with Crippen LogP contribution in [0.4, 0.5) is 0 Å². The molecule has 0 saturated heterocycles. The second-order valence-corrected chi connectivity index (χ2v) is 6.82. The average Bonchev–Trinajstić information content (AvgIpc) is 3.10. The lowest BCUT2D eigenvalue weighted by Crippen LogP contribution is -2.50. The number of fused-ring (bicyclic) bond motifs is 2. The molecule has 6 heteroatoms. The molecule has 1 aromatic heterocycles. The molecule has 22 heavy (non-hydrogen) atoms. The first-order valence-corrected chi connectivity index (χ1v) is 7.74. The maximum atomic E-state index is 12.7. The molecule has 3 rings (SSSR count). The molecule has 118 valence electrons. The zero-order valence-electron chi connectivity index (χ0n) is 13.0. The zero-order valence-corrected chi connectivity index (χ0v) is 13.0. The third-order valence-corrected chi connectivity index (χ3v) is 5.53. The summed E-state index contributed by atoms with van der Waals surface area (Å²) in [5.74, 6) is -1.41. The number of hydrogen-bond acceptors (Lipinski definition) is 4. The Morgan fingerprint density at radius 2 is 2.23 bits per heavy atom. The molecule has 2 aliphatic rings. The third kappa shape index (κ3) is 1.86. The van der Waals surface area contributed by atoms with Crippen LogP contribution in [-0.4, -0.2) is 33.6 Å². The predicted molar refractivity (Wildman–Crippen MR) is 78.8 cm³/mol. The molecule has 1 amide bonds. The lowest BCUT2D eigenvalue weighted by Gasteiger charge is -2.33. The van der Waals surface area contributed by atoms with Crippen LogP contribution in [0.1, 0.15) is 33.1 Å². The van der Waals surface area contributed by atoms with E-state index in [2.05, 4.69) is 10.3 Å². The first kappa shape index (κ1) is 14.9. The van der Waals surface area contributed by atoms with Gasteiger partial charge in [-0.3, -0.25) is 14.4 Å². The molecule has 1 heterocycles. The van der Waals surface area contributed by atoms with E-state index in [4.69, 9.17) is 0 Å². The van der Waals surface area contributed by atoms with Crippen LogP contribution in [0.5, 0.6) is 0 Å². The van der Waals surface area contributed by atoms with Gasteiger partial charge in [0.2, 0.25) is 17.5 Å². The van der Waals surface area contributed by atoms with E-state index in [1.165, 1.54) is 0 Å². The Balaban J connectivity index is 1.64. The number of ketones is 2. The number of hydrogen-bond donors (Lipinski definition) is 1. The minimum absolute atomic E-state index is 0.276. The van der Waals surface area contributed by atoms with Crippen molar-refractivity contribution < 1.29 is 14.4 Å². The molecule has 2 bridgehead atoms. The van der Waals surface area contributed by atoms with Crippen LogP contribution in [-0.2, 0) is 20.9 Å². The highest BCUT2D eigenvalue weighted by Crippen LogP contribution is 2.62. The average molecular weight is 303 g/mol. The van der Waals surface area contributed by atoms with E-state index in [1.807, 2.05) is 24.6 Å². The van der Waals surface area contributed by atoms with Crippen LogP contribution in [0.2, 0.25) is 0 Å². The van der Waals surface area contributed by atoms with Gasteiger partial charge in [-0.2, -0.15) is 0 Å². The lowest BCUT2D eigenvalue weighted by atomic mass is 9.68. The number of rotatable bonds is 5. The Morgan fingerprint density at radius 1 is 1.45 bits per heavy atom. The fourth-order valence-corrected chi connectivity index (χ4v) is 4.12. The van der Waals surface area contributed by atoms with E-state index in [0.29, 0.717) is 19.4 Å². The van der Waals surface area contributed by atoms with Crippen molar-refractivity contribution in [2.45, 2.75) is 39.7 Å². The summed E-state index contributed by atoms with van der Waals surface area (Å²) in [7, 11) is 0. The number of nitrogens with zero attached hydrogens (tertiary/aromatic N) is 2. The molecule has 2 unspecified atom stereocenters. The van der Waals surface area contributed by atoms with Crippen molar-refractivity contribution in [3.05, 3.63) is 18.7 Å². The molecule has 2 fully saturated rings. The molecule has 0 spiro atoms. The largest absolute Gasteiger partial charge is 0.355 e. The highest BCUT2D eigenvalue weighted by Gasteiger charge is 2.72. The molecular formula is C16H21N3O3. The summed E-state index contributed by atoms with van der Waals surface area (Å²) in [5.41, 5.74) is -1.72. The van der Waals surface area contributed by atoms with Gasteiger partial charge in [-0.1, -0.05) is 13.8 Å². The molecule has 2 atom stereocenters. The fourth-order valence-electron chi connectivity index (χ4n) is 4.12. The fraction of sp³-hybridized carbons (Fsp3) is 0.625. The summed E-state index contributed by atoms with van der Waals surface area (Å²) in [5, 5.41) is 2.87. The summed E-state index contributed by atoms with van der Waals surface area (Å²) < 4.78 is 1.93. The van der Waals surface area contributed by atoms with Crippen molar-refractivity contribution in [2.24, 2.45) is 16.7 Å². The molecule has 2 aliphatic carbocycles. The van der Waals surface area contributed by atoms with E-state index in [0.717, 1.165) is 13.0 Å². The Morgan fingerprint density at radius 3 is 2.82 bits per heavy atom. The van der Waals surface area contributed by atoms with Gasteiger partial charge < -0.3 is 9.88 Å². The predicted octanol–water partition coefficient (Wildman–Crippen LogP) is 0.964. The number of imidazole rings is 1. The monoisotopic (exact) mass is 303 g/mol. The highest BCUT2D eigenvalue weighted by molar-refractivity contribution is 6.47. The van der Waals surface area contributed by atoms with Gasteiger partial charge in [0.15, 0.2) is 0 Å². The molecule has 0 aromatic carbocycles. The lowest BCUT2D eigenvalue weighted by molar-refractivity contribution is -0.149. The standard InChI is InChI=1S/C16H21N3O3/c1-15(2)11-4-5-16(15,13(21)12(11)20)14(22)18-6-3-8-19-9-7-17-10-19/h7,9-11H,3-6,8H2,1-2H3,(H,18,22). The van der Waals surface area contributed by atoms with E-state index in [-0.39, 0.29) is 17.6 Å². The Bertz CT molecular complexity index is 621. The Kier molecular flexibility index (Phi) is 3.42. The third-order valence-electron chi connectivity index (χ3n) is 5.53. The van der Waals surface area contributed by atoms with Gasteiger partial charge in [0.1, 0.15) is 5.41 Å². The number of amides is 1. The molecular weight excluding hydrogens is 282 g/mol. The number of carbonyl (C=O) groups is 3. The van der Waals surface area contributed by atoms with Crippen molar-refractivity contribution in [1.82, 2.24) is 14.9 Å². The van der Waals surface area contributed by atoms with Crippen molar-refractivity contribution in [2.75, 3.05) is 6.54 Å². The second kappa shape index (κ2) is 5.04. The smallest absolute Gasteiger partial charge is 0.234 e. The molecule has 2 saturated carbocycles. The Hall–Kier alpha value is -1.98. The van der Waals surface area contributed by atoms with Crippen LogP contribution >= 0.6 is 0 Å². The molecule has 1 aromatic rings. The molecule has 1 N–H and O–H groups in total. The normalized spacial score (nSPS) is 29.1. The van der Waals surface area contributed by atoms with Crippen molar-refractivity contribution >= 4 is 17.5 Å². The number of Topliss-reactive ketones (excluding diaryl/α,β-unsaturated/α-hetero) is 2. The second-order valence-electron chi connectivity index (χ2n) is 6.82. The summed E-state index contributed by atoms with van der Waals surface area (Å²) in [6.45, 7) is 4.99. The van der Waals surface area contributed by atoms with E-state index >= 15 is 0 Å². The van der Waals surface area contributed by atoms with Crippen molar-refractivity contribution in [1.29, 1.82) is 0 Å². The van der Waals surface area contributed by atoms with E-state index in [9.17, 15) is 14.4 Å². The van der Waals surface area contributed by atoms with Crippen LogP contribution < -0.4 is 5.32 Å². The van der Waals surface area contributed by atoms with E-state index < -0.39 is 16.6 Å². The summed E-state index contributed by atoms with van der Waals surface area (Å²) >= 11 is 0. The van der Waals surface area contributed by atoms with Crippen LogP contribution in [0, 0.1) is 16.7 Å². The summed E-state index contributed by atoms with van der Waals surface area (Å²) in [6, 6.07) is 0. The van der Waals surface area contributed by atoms with E-state index in [1.54, 1.807) is 12.5 Å². The van der Waals surface area contributed by atoms with Crippen molar-refractivity contribution in [3.63, 3.8) is 0 Å². The van der Waals surface area contributed by atoms with Gasteiger partial charge in [0, 0.05) is 31.4 Å². The SMILES string of the molecule is CC1(C)C2CCC1(C(=O)NCCCn1ccnc1)C(=O)C2=O. The summed E-state index contributed by atoms with van der Waals surface area (Å²) in [6.07, 6.45) is 7.18. The molecule has 0 aliphatic heterocycles. The summed E-state index contributed by atoms with van der Waals surface area (Å²) in [4.78, 5) is 41.0. The molecule has 0 radical (unpaired) electrons. The van der Waals surface area contributed by atoms with Gasteiger partial charge in [0.25, 0.3) is 0 Å². The van der Waals surface area contributed by atoms with Gasteiger partial charge in [0.05, 0.1) is 6.33 Å². The maximum Gasteiger partial charge on any atom is 0.234 e. The van der Waals surface area contributed by atoms with Crippen LogP contribution in [0.3, 0.4) is 0 Å². The number of carbonyl (C=O) groups excluding carboxylic acids is 3. The van der Waals surface area contributed by atoms with Gasteiger partial charge in [-0.05, 0) is 24.7 Å². The minimum atomic E-state index is -1.15. The van der Waals surface area contributed by atoms with Crippen molar-refractivity contribution in [3.8, 4) is 0 Å². The van der Waals surface area contributed by atoms with Gasteiger partial charge in [-0.15, -0.1) is 0 Å². The van der Waals surface area contributed by atoms with Crippen LogP contribution in [0.25, 0.3) is 0 Å². The number of aromatic nitrogens is 2. The van der Waals surface area contributed by atoms with Gasteiger partial charge in [-0.25, -0.2) is 4.98 Å². The first-order valence-electron chi connectivity index (χ1n) is 7.74. The minimum Gasteiger partial charge on any atom is -0.355 e.